The van der Waals surface area contributed by atoms with E-state index in [1.54, 1.807) is 16.9 Å². The van der Waals surface area contributed by atoms with Gasteiger partial charge in [0.15, 0.2) is 0 Å². The lowest BCUT2D eigenvalue weighted by molar-refractivity contribution is 0.102. The standard InChI is InChI=1S/C15H16N4O/c1-10(2)19-13(7-9-17-19)18-15(20)12-5-3-4-11-6-8-16-14(11)12/h3-10,16H,1-2H3,(H,18,20). The van der Waals surface area contributed by atoms with Gasteiger partial charge in [0.25, 0.3) is 5.91 Å². The minimum atomic E-state index is -0.138. The molecule has 0 atom stereocenters. The summed E-state index contributed by atoms with van der Waals surface area (Å²) >= 11 is 0. The number of nitrogens with one attached hydrogen (secondary N) is 2. The summed E-state index contributed by atoms with van der Waals surface area (Å²) in [5, 5.41) is 8.14. The molecule has 0 saturated carbocycles. The van der Waals surface area contributed by atoms with Gasteiger partial charge >= 0.3 is 0 Å². The van der Waals surface area contributed by atoms with Gasteiger partial charge < -0.3 is 10.3 Å². The fraction of sp³-hybridized carbons (Fsp3) is 0.200. The summed E-state index contributed by atoms with van der Waals surface area (Å²) in [5.74, 6) is 0.564. The lowest BCUT2D eigenvalue weighted by Crippen LogP contribution is -2.17. The highest BCUT2D eigenvalue weighted by molar-refractivity contribution is 6.11. The van der Waals surface area contributed by atoms with Crippen LogP contribution in [0.25, 0.3) is 10.9 Å². The molecule has 5 nitrogen and oxygen atoms in total. The third-order valence-electron chi connectivity index (χ3n) is 3.23. The molecule has 2 heterocycles. The Labute approximate surface area is 116 Å². The van der Waals surface area contributed by atoms with Crippen LogP contribution in [0.1, 0.15) is 30.2 Å². The number of carbonyl (C=O) groups is 1. The average molecular weight is 268 g/mol. The molecule has 0 saturated heterocycles. The Morgan fingerprint density at radius 3 is 2.95 bits per heavy atom. The van der Waals surface area contributed by atoms with Crippen molar-refractivity contribution in [2.45, 2.75) is 19.9 Å². The van der Waals surface area contributed by atoms with E-state index in [9.17, 15) is 4.79 Å². The van der Waals surface area contributed by atoms with Gasteiger partial charge in [0.05, 0.1) is 17.3 Å². The van der Waals surface area contributed by atoms with Crippen molar-refractivity contribution < 1.29 is 4.79 Å². The van der Waals surface area contributed by atoms with Crippen molar-refractivity contribution >= 4 is 22.6 Å². The van der Waals surface area contributed by atoms with Gasteiger partial charge in [0.2, 0.25) is 0 Å². The lowest BCUT2D eigenvalue weighted by Gasteiger charge is -2.12. The quantitative estimate of drug-likeness (QED) is 0.766. The van der Waals surface area contributed by atoms with Crippen molar-refractivity contribution in [1.82, 2.24) is 14.8 Å². The molecule has 0 radical (unpaired) electrons. The summed E-state index contributed by atoms with van der Waals surface area (Å²) in [6.07, 6.45) is 3.52. The first-order valence-electron chi connectivity index (χ1n) is 6.58. The zero-order valence-electron chi connectivity index (χ0n) is 11.4. The van der Waals surface area contributed by atoms with E-state index >= 15 is 0 Å². The van der Waals surface area contributed by atoms with E-state index in [0.717, 1.165) is 10.9 Å². The van der Waals surface area contributed by atoms with Crippen molar-refractivity contribution in [2.75, 3.05) is 5.32 Å². The van der Waals surface area contributed by atoms with E-state index in [-0.39, 0.29) is 11.9 Å². The molecule has 0 bridgehead atoms. The summed E-state index contributed by atoms with van der Waals surface area (Å²) in [5.41, 5.74) is 1.48. The zero-order chi connectivity index (χ0) is 14.1. The molecular weight excluding hydrogens is 252 g/mol. The molecule has 0 unspecified atom stereocenters. The molecule has 5 heteroatoms. The van der Waals surface area contributed by atoms with Gasteiger partial charge in [0.1, 0.15) is 5.82 Å². The first-order valence-corrected chi connectivity index (χ1v) is 6.58. The Morgan fingerprint density at radius 2 is 2.15 bits per heavy atom. The van der Waals surface area contributed by atoms with E-state index in [1.165, 1.54) is 0 Å². The maximum absolute atomic E-state index is 12.4. The molecule has 2 N–H and O–H groups in total. The summed E-state index contributed by atoms with van der Waals surface area (Å²) in [4.78, 5) is 15.5. The van der Waals surface area contributed by atoms with Gasteiger partial charge in [0, 0.05) is 23.7 Å². The van der Waals surface area contributed by atoms with Crippen LogP contribution in [0, 0.1) is 0 Å². The van der Waals surface area contributed by atoms with E-state index in [0.29, 0.717) is 11.4 Å². The maximum atomic E-state index is 12.4. The number of H-pyrrole nitrogens is 1. The Hall–Kier alpha value is -2.56. The fourth-order valence-electron chi connectivity index (χ4n) is 2.28. The number of hydrogen-bond acceptors (Lipinski definition) is 2. The second-order valence-corrected chi connectivity index (χ2v) is 4.96. The predicted octanol–water partition coefficient (Wildman–Crippen LogP) is 3.20. The largest absolute Gasteiger partial charge is 0.361 e. The van der Waals surface area contributed by atoms with Gasteiger partial charge in [-0.05, 0) is 26.0 Å². The number of carbonyl (C=O) groups excluding carboxylic acids is 1. The van der Waals surface area contributed by atoms with Gasteiger partial charge in [-0.3, -0.25) is 4.79 Å². The molecule has 0 aliphatic heterocycles. The summed E-state index contributed by atoms with van der Waals surface area (Å²) in [7, 11) is 0. The predicted molar refractivity (Wildman–Crippen MR) is 78.9 cm³/mol. The fourth-order valence-corrected chi connectivity index (χ4v) is 2.28. The number of anilines is 1. The summed E-state index contributed by atoms with van der Waals surface area (Å²) in [6.45, 7) is 4.04. The number of amides is 1. The molecule has 0 aliphatic rings. The number of aromatic amines is 1. The van der Waals surface area contributed by atoms with Crippen LogP contribution in [0.15, 0.2) is 42.7 Å². The summed E-state index contributed by atoms with van der Waals surface area (Å²) in [6, 6.07) is 9.61. The molecule has 20 heavy (non-hydrogen) atoms. The molecule has 2 aromatic heterocycles. The van der Waals surface area contributed by atoms with Crippen LogP contribution in [0.2, 0.25) is 0 Å². The summed E-state index contributed by atoms with van der Waals surface area (Å²) < 4.78 is 1.78. The molecule has 3 rings (SSSR count). The van der Waals surface area contributed by atoms with E-state index in [1.807, 2.05) is 44.3 Å². The smallest absolute Gasteiger partial charge is 0.258 e. The van der Waals surface area contributed by atoms with Crippen molar-refractivity contribution in [3.63, 3.8) is 0 Å². The second-order valence-electron chi connectivity index (χ2n) is 4.96. The molecule has 1 aromatic carbocycles. The van der Waals surface area contributed by atoms with E-state index in [2.05, 4.69) is 15.4 Å². The second kappa shape index (κ2) is 4.85. The van der Waals surface area contributed by atoms with Crippen LogP contribution in [0.3, 0.4) is 0 Å². The van der Waals surface area contributed by atoms with Crippen molar-refractivity contribution in [3.05, 3.63) is 48.3 Å². The van der Waals surface area contributed by atoms with Crippen LogP contribution >= 0.6 is 0 Å². The zero-order valence-corrected chi connectivity index (χ0v) is 11.4. The molecule has 0 spiro atoms. The van der Waals surface area contributed by atoms with Crippen LogP contribution in [-0.4, -0.2) is 20.7 Å². The molecule has 3 aromatic rings. The number of para-hydroxylation sites is 1. The first-order chi connectivity index (χ1) is 9.66. The number of fused-ring (bicyclic) bond motifs is 1. The molecular formula is C15H16N4O. The van der Waals surface area contributed by atoms with Gasteiger partial charge in [-0.1, -0.05) is 12.1 Å². The lowest BCUT2D eigenvalue weighted by atomic mass is 10.1. The molecule has 1 amide bonds. The van der Waals surface area contributed by atoms with Crippen LogP contribution in [0.4, 0.5) is 5.82 Å². The topological polar surface area (TPSA) is 62.7 Å². The van der Waals surface area contributed by atoms with Gasteiger partial charge in [-0.25, -0.2) is 4.68 Å². The normalized spacial score (nSPS) is 11.2. The number of nitrogens with zero attached hydrogens (tertiary/aromatic N) is 2. The van der Waals surface area contributed by atoms with Crippen molar-refractivity contribution in [2.24, 2.45) is 0 Å². The molecule has 0 fully saturated rings. The van der Waals surface area contributed by atoms with Gasteiger partial charge in [-0.15, -0.1) is 0 Å². The Kier molecular flexibility index (Phi) is 3.02. The van der Waals surface area contributed by atoms with Crippen LogP contribution in [0.5, 0.6) is 0 Å². The van der Waals surface area contributed by atoms with Crippen LogP contribution < -0.4 is 5.32 Å². The Bertz CT molecular complexity index is 754. The van der Waals surface area contributed by atoms with E-state index in [4.69, 9.17) is 0 Å². The molecule has 102 valence electrons. The number of benzene rings is 1. The minimum Gasteiger partial charge on any atom is -0.361 e. The third kappa shape index (κ3) is 2.07. The third-order valence-corrected chi connectivity index (χ3v) is 3.23. The van der Waals surface area contributed by atoms with Crippen molar-refractivity contribution in [3.8, 4) is 0 Å². The highest BCUT2D eigenvalue weighted by Gasteiger charge is 2.14. The first kappa shape index (κ1) is 12.5. The highest BCUT2D eigenvalue weighted by atomic mass is 16.1. The average Bonchev–Trinajstić information content (AvgIpc) is 3.05. The molecule has 0 aliphatic carbocycles. The number of hydrogen-bond donors (Lipinski definition) is 2. The number of rotatable bonds is 3. The monoisotopic (exact) mass is 268 g/mol. The van der Waals surface area contributed by atoms with Crippen LogP contribution in [-0.2, 0) is 0 Å². The SMILES string of the molecule is CC(C)n1nccc1NC(=O)c1cccc2cc[nH]c12. The highest BCUT2D eigenvalue weighted by Crippen LogP contribution is 2.19. The minimum absolute atomic E-state index is 0.138. The Morgan fingerprint density at radius 1 is 1.30 bits per heavy atom. The van der Waals surface area contributed by atoms with Gasteiger partial charge in [-0.2, -0.15) is 5.10 Å². The number of aromatic nitrogens is 3. The Balaban J connectivity index is 1.93. The van der Waals surface area contributed by atoms with Crippen molar-refractivity contribution in [1.29, 1.82) is 0 Å². The van der Waals surface area contributed by atoms with E-state index < -0.39 is 0 Å². The maximum Gasteiger partial charge on any atom is 0.258 e.